The number of nitrogens with two attached hydrogens (primary N) is 1. The molecule has 1 fully saturated rings. The number of nitrogen functional groups attached to an aromatic ring is 1. The fraction of sp³-hybridized carbons (Fsp3) is 0.346. The van der Waals surface area contributed by atoms with E-state index < -0.39 is 58.0 Å². The molecule has 234 valence electrons. The highest BCUT2D eigenvalue weighted by Gasteiger charge is 2.54. The number of nitrogens with one attached hydrogen (secondary N) is 1. The Kier molecular flexibility index (Phi) is 9.41. The van der Waals surface area contributed by atoms with Crippen molar-refractivity contribution in [2.24, 2.45) is 5.16 Å². The van der Waals surface area contributed by atoms with Gasteiger partial charge in [-0.25, -0.2) is 14.6 Å². The zero-order chi connectivity index (χ0) is 32.5. The van der Waals surface area contributed by atoms with Crippen LogP contribution in [0, 0.1) is 0 Å². The van der Waals surface area contributed by atoms with E-state index in [9.17, 15) is 44.4 Å². The highest BCUT2D eigenvalue weighted by Crippen LogP contribution is 2.42. The molecule has 2 atom stereocenters. The Morgan fingerprint density at radius 2 is 1.95 bits per heavy atom. The highest BCUT2D eigenvalue weighted by molar-refractivity contribution is 8.00. The van der Waals surface area contributed by atoms with Gasteiger partial charge in [0.25, 0.3) is 11.8 Å². The number of nitrogens with zero attached hydrogens (tertiary/aromatic N) is 3. The van der Waals surface area contributed by atoms with Crippen molar-refractivity contribution in [2.45, 2.75) is 50.1 Å². The molecule has 0 bridgehead atoms. The Labute approximate surface area is 262 Å². The monoisotopic (exact) mass is 667 g/mol. The third-order valence-corrected chi connectivity index (χ3v) is 8.95. The first-order valence-corrected chi connectivity index (χ1v) is 15.1. The molecular formula is C26H26ClN5O10S2. The SMILES string of the molecule is CC(C)(O/N=C(\C(=O)N[C@@H]1C(=O)N2C(C(=O)O)=C(CCCC(=O)c3cc(O)c(O)c(Cl)c3)CSC12)c1csc(N)n1)C(=O)O. The van der Waals surface area contributed by atoms with E-state index in [4.69, 9.17) is 22.2 Å². The molecular weight excluding hydrogens is 642 g/mol. The number of β-lactam (4-membered cyclic amide) rings is 1. The van der Waals surface area contributed by atoms with Gasteiger partial charge in [-0.05, 0) is 44.4 Å². The Morgan fingerprint density at radius 1 is 1.25 bits per heavy atom. The molecule has 0 saturated carbocycles. The quantitative estimate of drug-likeness (QED) is 0.0626. The number of hydrogen-bond acceptors (Lipinski definition) is 13. The minimum Gasteiger partial charge on any atom is -0.504 e. The summed E-state index contributed by atoms with van der Waals surface area (Å²) in [5.74, 6) is -5.60. The number of thiazole rings is 1. The maximum atomic E-state index is 13.2. The van der Waals surface area contributed by atoms with Gasteiger partial charge in [0.2, 0.25) is 5.60 Å². The number of benzene rings is 1. The van der Waals surface area contributed by atoms with Crippen LogP contribution in [0.15, 0.2) is 33.9 Å². The number of carboxylic acids is 2. The number of amides is 2. The summed E-state index contributed by atoms with van der Waals surface area (Å²) in [5, 5.41) is 45.3. The fourth-order valence-corrected chi connectivity index (χ4v) is 6.39. The van der Waals surface area contributed by atoms with E-state index in [1.165, 1.54) is 37.1 Å². The van der Waals surface area contributed by atoms with E-state index in [0.717, 1.165) is 22.3 Å². The number of fused-ring (bicyclic) bond motifs is 1. The molecule has 3 heterocycles. The van der Waals surface area contributed by atoms with Crippen LogP contribution in [0.5, 0.6) is 11.5 Å². The van der Waals surface area contributed by atoms with Crippen LogP contribution in [0.4, 0.5) is 5.13 Å². The van der Waals surface area contributed by atoms with E-state index in [2.05, 4.69) is 15.5 Å². The number of carbonyl (C=O) groups excluding carboxylic acids is 3. The zero-order valence-electron chi connectivity index (χ0n) is 23.1. The van der Waals surface area contributed by atoms with Gasteiger partial charge < -0.3 is 36.3 Å². The lowest BCUT2D eigenvalue weighted by atomic mass is 9.98. The number of carbonyl (C=O) groups is 5. The number of carboxylic acid groups (broad SMARTS) is 2. The van der Waals surface area contributed by atoms with E-state index in [-0.39, 0.29) is 57.9 Å². The Hall–Kier alpha value is -4.35. The van der Waals surface area contributed by atoms with Crippen molar-refractivity contribution in [3.63, 3.8) is 0 Å². The first-order chi connectivity index (χ1) is 20.6. The van der Waals surface area contributed by atoms with Gasteiger partial charge in [-0.15, -0.1) is 23.1 Å². The molecule has 2 aliphatic heterocycles. The number of anilines is 1. The number of oxime groups is 1. The van der Waals surface area contributed by atoms with Gasteiger partial charge in [-0.3, -0.25) is 19.3 Å². The van der Waals surface area contributed by atoms with Gasteiger partial charge in [0.15, 0.2) is 28.1 Å². The van der Waals surface area contributed by atoms with Gasteiger partial charge in [-0.1, -0.05) is 16.8 Å². The van der Waals surface area contributed by atoms with E-state index in [1.807, 2.05) is 0 Å². The molecule has 0 radical (unpaired) electrons. The number of phenols is 2. The molecule has 0 aliphatic carbocycles. The maximum Gasteiger partial charge on any atom is 0.352 e. The minimum atomic E-state index is -1.80. The number of Topliss-reactive ketones (excluding diaryl/α,β-unsaturated/α-hetero) is 1. The minimum absolute atomic E-state index is 0.0149. The number of aromatic nitrogens is 1. The van der Waals surface area contributed by atoms with Crippen LogP contribution in [-0.4, -0.2) is 88.3 Å². The lowest BCUT2D eigenvalue weighted by Crippen LogP contribution is -2.71. The molecule has 7 N–H and O–H groups in total. The standard InChI is InChI=1S/C26H26ClN5O10S2/c1-26(2,24(40)41)42-31-16(13-9-44-25(28)29-13)20(36)30-17-21(37)32-18(23(38)39)10(8-43-22(17)32)4-3-5-14(33)11-6-12(27)19(35)15(34)7-11/h6-7,9,17,22,34-35H,3-5,8H2,1-2H3,(H2,28,29)(H,30,36)(H,38,39)(H,40,41)/b31-16-/t17-,22?/m1/s1. The number of phenolic OH excluding ortho intramolecular Hbond substituents is 2. The van der Waals surface area contributed by atoms with Crippen molar-refractivity contribution in [1.82, 2.24) is 15.2 Å². The van der Waals surface area contributed by atoms with Crippen LogP contribution in [0.3, 0.4) is 0 Å². The summed E-state index contributed by atoms with van der Waals surface area (Å²) in [5.41, 5.74) is 3.68. The van der Waals surface area contributed by atoms with E-state index in [1.54, 1.807) is 0 Å². The summed E-state index contributed by atoms with van der Waals surface area (Å²) in [7, 11) is 0. The number of halogens is 1. The first-order valence-electron chi connectivity index (χ1n) is 12.8. The van der Waals surface area contributed by atoms with Crippen molar-refractivity contribution in [3.05, 3.63) is 45.1 Å². The summed E-state index contributed by atoms with van der Waals surface area (Å²) in [6.07, 6.45) is 0.368. The van der Waals surface area contributed by atoms with E-state index >= 15 is 0 Å². The lowest BCUT2D eigenvalue weighted by molar-refractivity contribution is -0.161. The second kappa shape index (κ2) is 12.7. The maximum absolute atomic E-state index is 13.2. The number of thioether (sulfide) groups is 1. The van der Waals surface area contributed by atoms with Gasteiger partial charge in [0.05, 0.1) is 5.02 Å². The van der Waals surface area contributed by atoms with E-state index in [0.29, 0.717) is 5.57 Å². The second-order valence-electron chi connectivity index (χ2n) is 10.1. The summed E-state index contributed by atoms with van der Waals surface area (Å²) in [4.78, 5) is 72.7. The number of hydrogen-bond donors (Lipinski definition) is 6. The van der Waals surface area contributed by atoms with Crippen LogP contribution in [-0.2, 0) is 24.0 Å². The van der Waals surface area contributed by atoms with Crippen molar-refractivity contribution < 1.29 is 49.2 Å². The molecule has 0 spiro atoms. The zero-order valence-corrected chi connectivity index (χ0v) is 25.5. The second-order valence-corrected chi connectivity index (χ2v) is 12.5. The molecule has 18 heteroatoms. The highest BCUT2D eigenvalue weighted by atomic mass is 35.5. The topological polar surface area (TPSA) is 242 Å². The molecule has 4 rings (SSSR count). The molecule has 1 unspecified atom stereocenters. The largest absolute Gasteiger partial charge is 0.504 e. The van der Waals surface area contributed by atoms with Crippen LogP contribution in [0.1, 0.15) is 49.2 Å². The summed E-state index contributed by atoms with van der Waals surface area (Å²) < 4.78 is 0. The van der Waals surface area contributed by atoms with Crippen molar-refractivity contribution >= 4 is 75.1 Å². The molecule has 1 saturated heterocycles. The average Bonchev–Trinajstić information content (AvgIpc) is 3.39. The Bertz CT molecular complexity index is 1600. The van der Waals surface area contributed by atoms with Crippen LogP contribution in [0.25, 0.3) is 0 Å². The van der Waals surface area contributed by atoms with Crippen molar-refractivity contribution in [2.75, 3.05) is 11.5 Å². The fourth-order valence-electron chi connectivity index (χ4n) is 4.24. The third kappa shape index (κ3) is 6.58. The number of ketones is 1. The predicted octanol–water partition coefficient (Wildman–Crippen LogP) is 2.17. The summed E-state index contributed by atoms with van der Waals surface area (Å²) in [6.45, 7) is 2.44. The Morgan fingerprint density at radius 3 is 2.55 bits per heavy atom. The van der Waals surface area contributed by atoms with Crippen LogP contribution < -0.4 is 11.1 Å². The number of aromatic hydroxyl groups is 2. The molecule has 2 amide bonds. The van der Waals surface area contributed by atoms with Gasteiger partial charge in [-0.2, -0.15) is 0 Å². The summed E-state index contributed by atoms with van der Waals surface area (Å²) in [6, 6.07) is 1.16. The molecule has 44 heavy (non-hydrogen) atoms. The molecule has 1 aromatic heterocycles. The third-order valence-electron chi connectivity index (χ3n) is 6.64. The Balaban J connectivity index is 1.46. The van der Waals surface area contributed by atoms with Gasteiger partial charge in [0, 0.05) is 23.1 Å². The molecule has 2 aromatic rings. The normalized spacial score (nSPS) is 18.4. The van der Waals surface area contributed by atoms with Gasteiger partial charge >= 0.3 is 11.9 Å². The lowest BCUT2D eigenvalue weighted by Gasteiger charge is -2.49. The van der Waals surface area contributed by atoms with Crippen LogP contribution in [0.2, 0.25) is 5.02 Å². The predicted molar refractivity (Wildman–Crippen MR) is 159 cm³/mol. The van der Waals surface area contributed by atoms with Crippen molar-refractivity contribution in [1.29, 1.82) is 0 Å². The molecule has 15 nitrogen and oxygen atoms in total. The number of rotatable bonds is 12. The first kappa shape index (κ1) is 32.6. The average molecular weight is 668 g/mol. The smallest absolute Gasteiger partial charge is 0.352 e. The van der Waals surface area contributed by atoms with Crippen LogP contribution >= 0.6 is 34.7 Å². The molecule has 1 aromatic carbocycles. The van der Waals surface area contributed by atoms with Gasteiger partial charge in [0.1, 0.15) is 22.8 Å². The number of aliphatic carboxylic acids is 2. The summed E-state index contributed by atoms with van der Waals surface area (Å²) >= 11 is 8.03. The molecule has 2 aliphatic rings. The van der Waals surface area contributed by atoms with Crippen molar-refractivity contribution in [3.8, 4) is 11.5 Å².